The Morgan fingerprint density at radius 2 is 2.05 bits per heavy atom. The summed E-state index contributed by atoms with van der Waals surface area (Å²) in [4.78, 5) is 2.48. The van der Waals surface area contributed by atoms with Crippen LogP contribution in [0.5, 0.6) is 0 Å². The number of piperidine rings is 1. The number of nitrogens with zero attached hydrogens (tertiary/aromatic N) is 3. The molecule has 1 N–H and O–H groups in total. The van der Waals surface area contributed by atoms with Crippen molar-refractivity contribution in [3.8, 4) is 0 Å². The van der Waals surface area contributed by atoms with Crippen molar-refractivity contribution in [1.29, 1.82) is 0 Å². The number of aliphatic hydroxyl groups is 1. The molecule has 2 saturated heterocycles. The second kappa shape index (κ2) is 5.95. The summed E-state index contributed by atoms with van der Waals surface area (Å²) >= 11 is 0. The quantitative estimate of drug-likeness (QED) is 0.928. The van der Waals surface area contributed by atoms with Gasteiger partial charge in [-0.3, -0.25) is 9.58 Å². The molecular formula is C17H29N3O2. The first-order valence-corrected chi connectivity index (χ1v) is 8.51. The van der Waals surface area contributed by atoms with E-state index in [0.717, 1.165) is 51.7 Å². The van der Waals surface area contributed by atoms with Gasteiger partial charge in [0.2, 0.25) is 0 Å². The minimum atomic E-state index is -0.514. The van der Waals surface area contributed by atoms with Gasteiger partial charge in [-0.25, -0.2) is 0 Å². The van der Waals surface area contributed by atoms with Crippen LogP contribution in [-0.4, -0.2) is 50.7 Å². The predicted molar refractivity (Wildman–Crippen MR) is 85.6 cm³/mol. The lowest BCUT2D eigenvalue weighted by molar-refractivity contribution is -0.179. The zero-order valence-electron chi connectivity index (χ0n) is 14.1. The van der Waals surface area contributed by atoms with Gasteiger partial charge in [0.05, 0.1) is 24.0 Å². The van der Waals surface area contributed by atoms with Gasteiger partial charge in [0.25, 0.3) is 0 Å². The Bertz CT molecular complexity index is 520. The van der Waals surface area contributed by atoms with Gasteiger partial charge in [0, 0.05) is 44.4 Å². The molecule has 124 valence electrons. The maximum atomic E-state index is 10.6. The number of likely N-dealkylation sites (tertiary alicyclic amines) is 1. The lowest BCUT2D eigenvalue weighted by Gasteiger charge is -2.49. The third-order valence-electron chi connectivity index (χ3n) is 5.78. The van der Waals surface area contributed by atoms with Gasteiger partial charge < -0.3 is 9.84 Å². The first-order chi connectivity index (χ1) is 10.5. The molecule has 0 bridgehead atoms. The van der Waals surface area contributed by atoms with Crippen LogP contribution in [-0.2, 0) is 18.3 Å². The van der Waals surface area contributed by atoms with E-state index in [1.54, 1.807) is 0 Å². The molecule has 0 radical (unpaired) electrons. The fourth-order valence-electron chi connectivity index (χ4n) is 3.88. The van der Waals surface area contributed by atoms with Crippen LogP contribution in [0.4, 0.5) is 0 Å². The van der Waals surface area contributed by atoms with Gasteiger partial charge in [-0.1, -0.05) is 6.92 Å². The molecule has 0 aromatic carbocycles. The smallest absolute Gasteiger partial charge is 0.0734 e. The van der Waals surface area contributed by atoms with Gasteiger partial charge >= 0.3 is 0 Å². The molecule has 1 unspecified atom stereocenters. The van der Waals surface area contributed by atoms with Crippen LogP contribution in [0.25, 0.3) is 0 Å². The monoisotopic (exact) mass is 307 g/mol. The number of aromatic nitrogens is 2. The predicted octanol–water partition coefficient (Wildman–Crippen LogP) is 2.01. The summed E-state index contributed by atoms with van der Waals surface area (Å²) in [5.74, 6) is 0. The molecule has 0 saturated carbocycles. The van der Waals surface area contributed by atoms with Gasteiger partial charge in [-0.2, -0.15) is 5.10 Å². The molecule has 1 atom stereocenters. The molecule has 0 amide bonds. The molecule has 0 aliphatic carbocycles. The summed E-state index contributed by atoms with van der Waals surface area (Å²) in [6.07, 6.45) is 6.44. The van der Waals surface area contributed by atoms with E-state index in [0.29, 0.717) is 6.61 Å². The van der Waals surface area contributed by atoms with Crippen molar-refractivity contribution in [1.82, 2.24) is 14.7 Å². The second-order valence-corrected chi connectivity index (χ2v) is 7.19. The standard InChI is InChI=1S/C17H29N3O2/c1-4-16(21)7-10-22-17(13-16)5-8-20(9-6-17)12-15-11-18-19(3)14(15)2/h11,21H,4-10,12-13H2,1-3H3. The van der Waals surface area contributed by atoms with E-state index in [-0.39, 0.29) is 5.60 Å². The second-order valence-electron chi connectivity index (χ2n) is 7.19. The van der Waals surface area contributed by atoms with E-state index >= 15 is 0 Å². The Balaban J connectivity index is 1.59. The highest BCUT2D eigenvalue weighted by Gasteiger charge is 2.45. The van der Waals surface area contributed by atoms with Crippen LogP contribution >= 0.6 is 0 Å². The molecule has 1 spiro atoms. The molecule has 2 fully saturated rings. The highest BCUT2D eigenvalue weighted by molar-refractivity contribution is 5.15. The fraction of sp³-hybridized carbons (Fsp3) is 0.824. The summed E-state index contributed by atoms with van der Waals surface area (Å²) in [5, 5.41) is 15.0. The molecule has 1 aromatic heterocycles. The zero-order chi connectivity index (χ0) is 15.8. The number of hydrogen-bond donors (Lipinski definition) is 1. The Morgan fingerprint density at radius 3 is 2.64 bits per heavy atom. The molecule has 2 aliphatic rings. The van der Waals surface area contributed by atoms with Crippen molar-refractivity contribution < 1.29 is 9.84 Å². The largest absolute Gasteiger partial charge is 0.390 e. The number of hydrogen-bond acceptors (Lipinski definition) is 4. The van der Waals surface area contributed by atoms with E-state index in [4.69, 9.17) is 4.74 Å². The molecule has 5 heteroatoms. The number of rotatable bonds is 3. The van der Waals surface area contributed by atoms with Crippen LogP contribution in [0.15, 0.2) is 6.20 Å². The Morgan fingerprint density at radius 1 is 1.32 bits per heavy atom. The first-order valence-electron chi connectivity index (χ1n) is 8.51. The van der Waals surface area contributed by atoms with Crippen LogP contribution in [0, 0.1) is 6.92 Å². The maximum Gasteiger partial charge on any atom is 0.0734 e. The van der Waals surface area contributed by atoms with E-state index < -0.39 is 5.60 Å². The molecule has 3 rings (SSSR count). The minimum absolute atomic E-state index is 0.0938. The molecule has 22 heavy (non-hydrogen) atoms. The van der Waals surface area contributed by atoms with Gasteiger partial charge in [-0.15, -0.1) is 0 Å². The average Bonchev–Trinajstić information content (AvgIpc) is 2.82. The summed E-state index contributed by atoms with van der Waals surface area (Å²) < 4.78 is 8.06. The van der Waals surface area contributed by atoms with Crippen LogP contribution in [0.3, 0.4) is 0 Å². The normalized spacial score (nSPS) is 29.1. The van der Waals surface area contributed by atoms with Crippen molar-refractivity contribution in [2.24, 2.45) is 7.05 Å². The summed E-state index contributed by atoms with van der Waals surface area (Å²) in [7, 11) is 1.99. The Hall–Kier alpha value is -0.910. The number of aryl methyl sites for hydroxylation is 1. The SMILES string of the molecule is CCC1(O)CCOC2(CCN(Cc3cnn(C)c3C)CC2)C1. The van der Waals surface area contributed by atoms with Crippen molar-refractivity contribution in [2.75, 3.05) is 19.7 Å². The molecule has 1 aromatic rings. The van der Waals surface area contributed by atoms with Gasteiger partial charge in [0.1, 0.15) is 0 Å². The van der Waals surface area contributed by atoms with Crippen molar-refractivity contribution >= 4 is 0 Å². The minimum Gasteiger partial charge on any atom is -0.390 e. The average molecular weight is 307 g/mol. The lowest BCUT2D eigenvalue weighted by Crippen LogP contribution is -2.54. The summed E-state index contributed by atoms with van der Waals surface area (Å²) in [5.41, 5.74) is 1.95. The molecule has 3 heterocycles. The topological polar surface area (TPSA) is 50.5 Å². The van der Waals surface area contributed by atoms with E-state index in [1.165, 1.54) is 11.3 Å². The van der Waals surface area contributed by atoms with Gasteiger partial charge in [-0.05, 0) is 32.6 Å². The number of ether oxygens (including phenoxy) is 1. The van der Waals surface area contributed by atoms with Crippen LogP contribution < -0.4 is 0 Å². The third kappa shape index (κ3) is 3.07. The lowest BCUT2D eigenvalue weighted by atomic mass is 9.76. The third-order valence-corrected chi connectivity index (χ3v) is 5.78. The van der Waals surface area contributed by atoms with Gasteiger partial charge in [0.15, 0.2) is 0 Å². The van der Waals surface area contributed by atoms with Crippen molar-refractivity contribution in [2.45, 2.75) is 63.7 Å². The highest BCUT2D eigenvalue weighted by Crippen LogP contribution is 2.41. The maximum absolute atomic E-state index is 10.6. The van der Waals surface area contributed by atoms with Crippen LogP contribution in [0.1, 0.15) is 50.3 Å². The van der Waals surface area contributed by atoms with E-state index in [1.807, 2.05) is 17.9 Å². The van der Waals surface area contributed by atoms with Crippen LogP contribution in [0.2, 0.25) is 0 Å². The Labute approximate surface area is 133 Å². The molecule has 2 aliphatic heterocycles. The molecular weight excluding hydrogens is 278 g/mol. The van der Waals surface area contributed by atoms with E-state index in [9.17, 15) is 5.11 Å². The zero-order valence-corrected chi connectivity index (χ0v) is 14.1. The highest BCUT2D eigenvalue weighted by atomic mass is 16.5. The van der Waals surface area contributed by atoms with E-state index in [2.05, 4.69) is 23.8 Å². The van der Waals surface area contributed by atoms with Crippen molar-refractivity contribution in [3.63, 3.8) is 0 Å². The van der Waals surface area contributed by atoms with Crippen molar-refractivity contribution in [3.05, 3.63) is 17.5 Å². The molecule has 5 nitrogen and oxygen atoms in total. The Kier molecular flexibility index (Phi) is 4.32. The fourth-order valence-corrected chi connectivity index (χ4v) is 3.88. The summed E-state index contributed by atoms with van der Waals surface area (Å²) in [6, 6.07) is 0. The summed E-state index contributed by atoms with van der Waals surface area (Å²) in [6.45, 7) is 7.95. The first kappa shape index (κ1) is 16.0.